The third kappa shape index (κ3) is 8.70. The summed E-state index contributed by atoms with van der Waals surface area (Å²) in [6.07, 6.45) is 1.57. The van der Waals surface area contributed by atoms with Crippen molar-refractivity contribution < 1.29 is 23.1 Å². The van der Waals surface area contributed by atoms with E-state index < -0.39 is 22.7 Å². The second kappa shape index (κ2) is 14.4. The van der Waals surface area contributed by atoms with Crippen LogP contribution in [0, 0.1) is 10.8 Å². The van der Waals surface area contributed by atoms with Gasteiger partial charge in [0.05, 0.1) is 18.1 Å². The number of nitrogens with one attached hydrogen (secondary N) is 3. The van der Waals surface area contributed by atoms with Gasteiger partial charge < -0.3 is 20.5 Å². The van der Waals surface area contributed by atoms with E-state index in [1.165, 1.54) is 0 Å². The lowest BCUT2D eigenvalue weighted by Crippen LogP contribution is -2.42. The quantitative estimate of drug-likeness (QED) is 0.169. The number of ether oxygens (including phenoxy) is 1. The Hall–Kier alpha value is -3.58. The zero-order valence-corrected chi connectivity index (χ0v) is 24.8. The summed E-state index contributed by atoms with van der Waals surface area (Å²) in [6.45, 7) is 2.45. The number of nitrogen functional groups attached to an aromatic ring is 1. The number of carboxylic acids is 1. The van der Waals surface area contributed by atoms with Crippen LogP contribution in [0.2, 0.25) is 0 Å². The lowest BCUT2D eigenvalue weighted by atomic mass is 10.0. The van der Waals surface area contributed by atoms with Gasteiger partial charge in [0.1, 0.15) is 24.2 Å². The molecule has 3 aromatic rings. The molecule has 14 heteroatoms. The van der Waals surface area contributed by atoms with Crippen LogP contribution in [0.3, 0.4) is 0 Å². The van der Waals surface area contributed by atoms with Crippen LogP contribution < -0.4 is 19.5 Å². The highest BCUT2D eigenvalue weighted by Gasteiger charge is 2.25. The van der Waals surface area contributed by atoms with E-state index in [9.17, 15) is 13.2 Å². The molecule has 1 saturated heterocycles. The number of anilines is 1. The number of hydrogen-bond acceptors (Lipinski definition) is 6. The van der Waals surface area contributed by atoms with E-state index in [2.05, 4.69) is 4.72 Å². The Balaban J connectivity index is 0.00000294. The zero-order valence-electron chi connectivity index (χ0n) is 22.4. The number of carbonyl (C=O) groups is 1. The molecule has 0 aliphatic carbocycles. The number of carboxylic acid groups (broad SMARTS) is 1. The minimum Gasteiger partial charge on any atom is -0.490 e. The Morgan fingerprint density at radius 2 is 1.68 bits per heavy atom. The highest BCUT2D eigenvalue weighted by Crippen LogP contribution is 2.27. The summed E-state index contributed by atoms with van der Waals surface area (Å²) < 4.78 is 35.7. The van der Waals surface area contributed by atoms with Crippen LogP contribution in [0.1, 0.15) is 30.9 Å². The van der Waals surface area contributed by atoms with E-state index in [1.807, 2.05) is 23.1 Å². The van der Waals surface area contributed by atoms with Gasteiger partial charge in [0.25, 0.3) is 0 Å². The van der Waals surface area contributed by atoms with Crippen LogP contribution in [0.15, 0.2) is 60.7 Å². The minimum atomic E-state index is -4.22. The maximum Gasteiger partial charge on any atom is 0.318 e. The molecule has 0 spiro atoms. The second-order valence-electron chi connectivity index (χ2n) is 9.42. The summed E-state index contributed by atoms with van der Waals surface area (Å²) in [5.74, 6) is -0.223. The molecule has 6 N–H and O–H groups in total. The largest absolute Gasteiger partial charge is 0.490 e. The number of aliphatic carboxylic acids is 1. The zero-order chi connectivity index (χ0) is 28.2. The first-order chi connectivity index (χ1) is 18.5. The van der Waals surface area contributed by atoms with Crippen LogP contribution in [-0.2, 0) is 21.5 Å². The van der Waals surface area contributed by atoms with Crippen molar-refractivity contribution in [1.82, 2.24) is 9.62 Å². The van der Waals surface area contributed by atoms with Crippen molar-refractivity contribution in [2.75, 3.05) is 23.9 Å². The number of piperidine rings is 1. The molecule has 0 radical (unpaired) electrons. The number of halogens is 2. The molecule has 0 saturated carbocycles. The van der Waals surface area contributed by atoms with Crippen molar-refractivity contribution in [3.63, 3.8) is 0 Å². The van der Waals surface area contributed by atoms with Gasteiger partial charge in [-0.1, -0.05) is 24.3 Å². The Bertz CT molecular complexity index is 1500. The van der Waals surface area contributed by atoms with Gasteiger partial charge in [-0.2, -0.15) is 13.1 Å². The number of nitrogens with two attached hydrogens (primary N) is 1. The van der Waals surface area contributed by atoms with Gasteiger partial charge >= 0.3 is 16.2 Å². The van der Waals surface area contributed by atoms with Crippen molar-refractivity contribution in [3.8, 4) is 5.75 Å². The molecule has 0 aromatic heterocycles. The molecular formula is C27H34Cl2N6O5S. The second-order valence-corrected chi connectivity index (χ2v) is 11.1. The number of benzene rings is 3. The van der Waals surface area contributed by atoms with Crippen molar-refractivity contribution in [1.29, 1.82) is 10.8 Å². The average Bonchev–Trinajstić information content (AvgIpc) is 2.91. The fraction of sp³-hybridized carbons (Fsp3) is 0.296. The van der Waals surface area contributed by atoms with Gasteiger partial charge in [0.15, 0.2) is 0 Å². The number of likely N-dealkylation sites (tertiary alicyclic amines) is 1. The average molecular weight is 626 g/mol. The molecule has 1 heterocycles. The molecule has 0 atom stereocenters. The molecule has 3 aromatic carbocycles. The van der Waals surface area contributed by atoms with Crippen LogP contribution in [0.5, 0.6) is 5.75 Å². The summed E-state index contributed by atoms with van der Waals surface area (Å²) in [5, 5.41) is 26.2. The van der Waals surface area contributed by atoms with Crippen molar-refractivity contribution in [3.05, 3.63) is 71.8 Å². The molecule has 1 fully saturated rings. The SMILES string of the molecule is CC(=N)N1CCC(Oc2ccc(N(Cc3ccc4ccc(C(=N)N)cc4c3)S(=O)(=O)NCC(=O)O)cc2)CC1.Cl.Cl. The van der Waals surface area contributed by atoms with Gasteiger partial charge in [-0.3, -0.25) is 19.9 Å². The van der Waals surface area contributed by atoms with Gasteiger partial charge in [-0.15, -0.1) is 24.8 Å². The molecule has 0 amide bonds. The Kier molecular flexibility index (Phi) is 11.8. The fourth-order valence-corrected chi connectivity index (χ4v) is 5.65. The minimum absolute atomic E-state index is 0. The Labute approximate surface area is 251 Å². The number of rotatable bonds is 10. The maximum atomic E-state index is 13.2. The maximum absolute atomic E-state index is 13.2. The summed E-state index contributed by atoms with van der Waals surface area (Å²) in [5.41, 5.74) is 7.18. The van der Waals surface area contributed by atoms with Gasteiger partial charge in [-0.25, -0.2) is 0 Å². The smallest absolute Gasteiger partial charge is 0.318 e. The van der Waals surface area contributed by atoms with E-state index in [0.29, 0.717) is 28.4 Å². The van der Waals surface area contributed by atoms with Gasteiger partial charge in [0.2, 0.25) is 0 Å². The molecule has 1 aliphatic rings. The standard InChI is InChI=1S/C27H32N6O5S.2ClH/c1-18(28)32-12-10-25(11-13-32)38-24-8-6-23(7-9-24)33(39(36,37)31-16-26(34)35)17-19-2-3-20-4-5-21(27(29)30)15-22(20)14-19;;/h2-9,14-15,25,28,31H,10-13,16-17H2,1H3,(H3,29,30)(H,34,35);2*1H. The molecule has 4 rings (SSSR count). The topological polar surface area (TPSA) is 173 Å². The summed E-state index contributed by atoms with van der Waals surface area (Å²) in [6, 6.07) is 17.5. The van der Waals surface area contributed by atoms with E-state index >= 15 is 0 Å². The fourth-order valence-electron chi connectivity index (χ4n) is 4.47. The number of nitrogens with zero attached hydrogens (tertiary/aromatic N) is 2. The van der Waals surface area contributed by atoms with Crippen molar-refractivity contribution >= 4 is 69.1 Å². The molecule has 11 nitrogen and oxygen atoms in total. The lowest BCUT2D eigenvalue weighted by Gasteiger charge is -2.33. The molecule has 222 valence electrons. The number of amidine groups is 2. The van der Waals surface area contributed by atoms with Crippen molar-refractivity contribution in [2.45, 2.75) is 32.4 Å². The van der Waals surface area contributed by atoms with Gasteiger partial charge in [0, 0.05) is 31.5 Å². The third-order valence-electron chi connectivity index (χ3n) is 6.58. The van der Waals surface area contributed by atoms with Crippen LogP contribution in [-0.4, -0.2) is 61.8 Å². The molecule has 1 aliphatic heterocycles. The monoisotopic (exact) mass is 624 g/mol. The van der Waals surface area contributed by atoms with E-state index in [0.717, 1.165) is 41.0 Å². The van der Waals surface area contributed by atoms with Crippen LogP contribution in [0.25, 0.3) is 10.8 Å². The first kappa shape index (κ1) is 33.6. The summed E-state index contributed by atoms with van der Waals surface area (Å²) >= 11 is 0. The van der Waals surface area contributed by atoms with E-state index in [1.54, 1.807) is 49.4 Å². The molecule has 0 unspecified atom stereocenters. The third-order valence-corrected chi connectivity index (χ3v) is 8.01. The molecular weight excluding hydrogens is 591 g/mol. The predicted octanol–water partition coefficient (Wildman–Crippen LogP) is 3.73. The van der Waals surface area contributed by atoms with Crippen molar-refractivity contribution in [2.24, 2.45) is 5.73 Å². The highest BCUT2D eigenvalue weighted by atomic mass is 35.5. The first-order valence-corrected chi connectivity index (χ1v) is 13.9. The first-order valence-electron chi connectivity index (χ1n) is 12.4. The van der Waals surface area contributed by atoms with Crippen LogP contribution in [0.4, 0.5) is 5.69 Å². The highest BCUT2D eigenvalue weighted by molar-refractivity contribution is 7.90. The van der Waals surface area contributed by atoms with E-state index in [4.69, 9.17) is 26.4 Å². The van der Waals surface area contributed by atoms with Gasteiger partial charge in [-0.05, 0) is 59.7 Å². The lowest BCUT2D eigenvalue weighted by molar-refractivity contribution is -0.135. The normalized spacial score (nSPS) is 13.5. The van der Waals surface area contributed by atoms with E-state index in [-0.39, 0.29) is 43.3 Å². The van der Waals surface area contributed by atoms with Crippen LogP contribution >= 0.6 is 24.8 Å². The number of fused-ring (bicyclic) bond motifs is 1. The summed E-state index contributed by atoms with van der Waals surface area (Å²) in [7, 11) is -4.22. The molecule has 0 bridgehead atoms. The number of hydrogen-bond donors (Lipinski definition) is 5. The molecule has 41 heavy (non-hydrogen) atoms. The Morgan fingerprint density at radius 1 is 1.05 bits per heavy atom. The Morgan fingerprint density at radius 3 is 2.27 bits per heavy atom. The predicted molar refractivity (Wildman–Crippen MR) is 165 cm³/mol. The summed E-state index contributed by atoms with van der Waals surface area (Å²) in [4.78, 5) is 13.1.